The van der Waals surface area contributed by atoms with Crippen LogP contribution in [0.25, 0.3) is 0 Å². The summed E-state index contributed by atoms with van der Waals surface area (Å²) in [4.78, 5) is 14.2. The number of hydrogen-bond acceptors (Lipinski definition) is 4. The van der Waals surface area contributed by atoms with Gasteiger partial charge in [0.05, 0.1) is 16.9 Å². The lowest BCUT2D eigenvalue weighted by Gasteiger charge is -2.17. The minimum Gasteiger partial charge on any atom is -0.459 e. The third-order valence-electron chi connectivity index (χ3n) is 4.15. The van der Waals surface area contributed by atoms with Crippen LogP contribution < -0.4 is 0 Å². The number of benzene rings is 2. The van der Waals surface area contributed by atoms with Crippen LogP contribution in [0.1, 0.15) is 21.7 Å². The first kappa shape index (κ1) is 20.3. The van der Waals surface area contributed by atoms with Gasteiger partial charge < -0.3 is 9.32 Å². The van der Waals surface area contributed by atoms with Crippen molar-refractivity contribution in [2.45, 2.75) is 17.2 Å². The van der Waals surface area contributed by atoms with Crippen LogP contribution in [0.3, 0.4) is 0 Å². The van der Waals surface area contributed by atoms with Gasteiger partial charge in [0.1, 0.15) is 5.82 Å². The fraction of sp³-hybridized carbons (Fsp3) is 0.150. The fourth-order valence-corrected chi connectivity index (χ4v) is 4.50. The molecule has 28 heavy (non-hydrogen) atoms. The Hall–Kier alpha value is -2.45. The summed E-state index contributed by atoms with van der Waals surface area (Å²) in [6.45, 7) is 0.00961. The monoisotopic (exact) mass is 465 g/mol. The largest absolute Gasteiger partial charge is 0.459 e. The SMILES string of the molecule is CN(Cc1cc(Br)ccc1F)C(=O)c1occc1CS(=O)(=O)c1ccccc1. The summed E-state index contributed by atoms with van der Waals surface area (Å²) in [5.41, 5.74) is 0.589. The van der Waals surface area contributed by atoms with Crippen LogP contribution in [0.15, 0.2) is 74.6 Å². The maximum absolute atomic E-state index is 14.0. The number of halogens is 2. The molecule has 0 saturated carbocycles. The normalized spacial score (nSPS) is 11.4. The van der Waals surface area contributed by atoms with E-state index in [0.29, 0.717) is 10.0 Å². The average molecular weight is 466 g/mol. The summed E-state index contributed by atoms with van der Waals surface area (Å²) in [6, 6.07) is 13.9. The van der Waals surface area contributed by atoms with E-state index in [1.807, 2.05) is 0 Å². The highest BCUT2D eigenvalue weighted by Crippen LogP contribution is 2.22. The van der Waals surface area contributed by atoms with Crippen molar-refractivity contribution >= 4 is 31.7 Å². The molecule has 0 atom stereocenters. The predicted octanol–water partition coefficient (Wildman–Crippen LogP) is 4.43. The second-order valence-corrected chi connectivity index (χ2v) is 9.15. The van der Waals surface area contributed by atoms with Crippen molar-refractivity contribution in [1.29, 1.82) is 0 Å². The van der Waals surface area contributed by atoms with Gasteiger partial charge in [0.25, 0.3) is 5.91 Å². The minimum absolute atomic E-state index is 0.00961. The first-order valence-electron chi connectivity index (χ1n) is 8.31. The molecule has 5 nitrogen and oxygen atoms in total. The number of hydrogen-bond donors (Lipinski definition) is 0. The van der Waals surface area contributed by atoms with Crippen LogP contribution in [0.2, 0.25) is 0 Å². The number of furan rings is 1. The maximum atomic E-state index is 14.0. The zero-order chi connectivity index (χ0) is 20.3. The molecule has 0 spiro atoms. The van der Waals surface area contributed by atoms with E-state index >= 15 is 0 Å². The Bertz CT molecular complexity index is 1100. The van der Waals surface area contributed by atoms with Gasteiger partial charge in [0.2, 0.25) is 0 Å². The quantitative estimate of drug-likeness (QED) is 0.539. The Balaban J connectivity index is 1.81. The molecular weight excluding hydrogens is 449 g/mol. The molecule has 0 radical (unpaired) electrons. The molecule has 1 amide bonds. The van der Waals surface area contributed by atoms with Gasteiger partial charge in [0.15, 0.2) is 15.6 Å². The van der Waals surface area contributed by atoms with E-state index in [0.717, 1.165) is 0 Å². The van der Waals surface area contributed by atoms with Gasteiger partial charge in [-0.3, -0.25) is 4.79 Å². The number of rotatable bonds is 6. The van der Waals surface area contributed by atoms with Crippen molar-refractivity contribution in [3.8, 4) is 0 Å². The lowest BCUT2D eigenvalue weighted by atomic mass is 10.2. The molecule has 0 N–H and O–H groups in total. The van der Waals surface area contributed by atoms with Crippen LogP contribution in [0, 0.1) is 5.82 Å². The summed E-state index contributed by atoms with van der Waals surface area (Å²) in [5, 5.41) is 0. The molecule has 1 heterocycles. The summed E-state index contributed by atoms with van der Waals surface area (Å²) >= 11 is 3.27. The number of carbonyl (C=O) groups is 1. The first-order valence-corrected chi connectivity index (χ1v) is 10.8. The number of nitrogens with zero attached hydrogens (tertiary/aromatic N) is 1. The van der Waals surface area contributed by atoms with Crippen LogP contribution >= 0.6 is 15.9 Å². The van der Waals surface area contributed by atoms with Crippen molar-refractivity contribution in [3.05, 3.63) is 88.0 Å². The van der Waals surface area contributed by atoms with E-state index in [4.69, 9.17) is 4.42 Å². The van der Waals surface area contributed by atoms with E-state index in [1.54, 1.807) is 30.3 Å². The van der Waals surface area contributed by atoms with E-state index in [2.05, 4.69) is 15.9 Å². The first-order chi connectivity index (χ1) is 13.3. The van der Waals surface area contributed by atoms with Gasteiger partial charge in [-0.25, -0.2) is 12.8 Å². The van der Waals surface area contributed by atoms with Crippen molar-refractivity contribution in [1.82, 2.24) is 4.90 Å². The number of amides is 1. The predicted molar refractivity (Wildman–Crippen MR) is 106 cm³/mol. The van der Waals surface area contributed by atoms with Crippen molar-refractivity contribution in [3.63, 3.8) is 0 Å². The summed E-state index contributed by atoms with van der Waals surface area (Å²) in [5.74, 6) is -1.40. The van der Waals surface area contributed by atoms with Crippen molar-refractivity contribution in [2.75, 3.05) is 7.05 Å². The molecule has 0 fully saturated rings. The van der Waals surface area contributed by atoms with Crippen molar-refractivity contribution < 1.29 is 22.0 Å². The third-order valence-corrected chi connectivity index (χ3v) is 6.33. The molecule has 146 valence electrons. The van der Waals surface area contributed by atoms with Gasteiger partial charge in [-0.15, -0.1) is 0 Å². The van der Waals surface area contributed by atoms with Gasteiger partial charge in [-0.2, -0.15) is 0 Å². The third kappa shape index (κ3) is 4.51. The van der Waals surface area contributed by atoms with Crippen LogP contribution in [0.4, 0.5) is 4.39 Å². The summed E-state index contributed by atoms with van der Waals surface area (Å²) < 4.78 is 45.1. The van der Waals surface area contributed by atoms with E-state index in [-0.39, 0.29) is 28.5 Å². The lowest BCUT2D eigenvalue weighted by molar-refractivity contribution is 0.0751. The second kappa shape index (κ2) is 8.28. The molecule has 0 saturated heterocycles. The Morgan fingerprint density at radius 1 is 1.11 bits per heavy atom. The highest BCUT2D eigenvalue weighted by atomic mass is 79.9. The van der Waals surface area contributed by atoms with Gasteiger partial charge in [-0.05, 0) is 36.4 Å². The van der Waals surface area contributed by atoms with Crippen LogP contribution in [-0.2, 0) is 22.1 Å². The van der Waals surface area contributed by atoms with Crippen LogP contribution in [0.5, 0.6) is 0 Å². The standard InChI is InChI=1S/C20H17BrFNO4S/c1-23(12-15-11-16(21)7-8-18(15)22)20(24)19-14(9-10-27-19)13-28(25,26)17-5-3-2-4-6-17/h2-11H,12-13H2,1H3. The molecule has 3 aromatic rings. The van der Waals surface area contributed by atoms with E-state index < -0.39 is 21.6 Å². The zero-order valence-electron chi connectivity index (χ0n) is 14.9. The molecule has 3 rings (SSSR count). The lowest BCUT2D eigenvalue weighted by Crippen LogP contribution is -2.27. The average Bonchev–Trinajstić information content (AvgIpc) is 3.12. The van der Waals surface area contributed by atoms with E-state index in [1.165, 1.54) is 42.5 Å². The summed E-state index contributed by atoms with van der Waals surface area (Å²) in [7, 11) is -2.13. The van der Waals surface area contributed by atoms with Gasteiger partial charge >= 0.3 is 0 Å². The fourth-order valence-electron chi connectivity index (χ4n) is 2.72. The molecule has 0 aliphatic carbocycles. The number of sulfone groups is 1. The summed E-state index contributed by atoms with van der Waals surface area (Å²) in [6.07, 6.45) is 1.27. The number of carbonyl (C=O) groups excluding carboxylic acids is 1. The Morgan fingerprint density at radius 3 is 2.54 bits per heavy atom. The molecule has 8 heteroatoms. The topological polar surface area (TPSA) is 67.6 Å². The van der Waals surface area contributed by atoms with Crippen LogP contribution in [-0.4, -0.2) is 26.3 Å². The van der Waals surface area contributed by atoms with Gasteiger partial charge in [0, 0.05) is 29.2 Å². The second-order valence-electron chi connectivity index (χ2n) is 6.24. The molecule has 0 aliphatic rings. The Kier molecular flexibility index (Phi) is 6.00. The molecule has 0 unspecified atom stereocenters. The highest BCUT2D eigenvalue weighted by Gasteiger charge is 2.25. The smallest absolute Gasteiger partial charge is 0.289 e. The van der Waals surface area contributed by atoms with Crippen molar-refractivity contribution in [2.24, 2.45) is 0 Å². The Labute approximate surface area is 170 Å². The van der Waals surface area contributed by atoms with Gasteiger partial charge in [-0.1, -0.05) is 34.1 Å². The zero-order valence-corrected chi connectivity index (χ0v) is 17.3. The molecule has 0 bridgehead atoms. The Morgan fingerprint density at radius 2 is 1.82 bits per heavy atom. The molecule has 1 aromatic heterocycles. The molecule has 0 aliphatic heterocycles. The maximum Gasteiger partial charge on any atom is 0.289 e. The molecule has 2 aromatic carbocycles. The molecular formula is C20H17BrFNO4S. The van der Waals surface area contributed by atoms with E-state index in [9.17, 15) is 17.6 Å². The minimum atomic E-state index is -3.63. The highest BCUT2D eigenvalue weighted by molar-refractivity contribution is 9.10.